The van der Waals surface area contributed by atoms with Crippen molar-refractivity contribution < 1.29 is 22.7 Å². The van der Waals surface area contributed by atoms with Gasteiger partial charge in [-0.25, -0.2) is 0 Å². The maximum atomic E-state index is 12.5. The van der Waals surface area contributed by atoms with Crippen molar-refractivity contribution in [3.63, 3.8) is 0 Å². The van der Waals surface area contributed by atoms with E-state index in [1.807, 2.05) is 0 Å². The van der Waals surface area contributed by atoms with E-state index >= 15 is 0 Å². The summed E-state index contributed by atoms with van der Waals surface area (Å²) in [5.74, 6) is -0.116. The number of carbonyl (C=O) groups is 1. The molecule has 0 spiro atoms. The molecule has 6 heteroatoms. The highest BCUT2D eigenvalue weighted by Crippen LogP contribution is 2.47. The molecule has 21 heavy (non-hydrogen) atoms. The van der Waals surface area contributed by atoms with Crippen molar-refractivity contribution in [3.8, 4) is 0 Å². The van der Waals surface area contributed by atoms with Crippen LogP contribution in [0.25, 0.3) is 0 Å². The Hall–Kier alpha value is -1.56. The second-order valence-corrected chi connectivity index (χ2v) is 5.21. The molecular weight excluding hydrogens is 283 g/mol. The molecule has 0 aromatic heterocycles. The van der Waals surface area contributed by atoms with Crippen LogP contribution in [-0.4, -0.2) is 26.2 Å². The highest BCUT2D eigenvalue weighted by molar-refractivity contribution is 5.82. The van der Waals surface area contributed by atoms with Gasteiger partial charge in [0.05, 0.1) is 5.56 Å². The summed E-state index contributed by atoms with van der Waals surface area (Å²) in [6.07, 6.45) is -2.87. The monoisotopic (exact) mass is 301 g/mol. The molecule has 1 aliphatic rings. The number of carbonyl (C=O) groups excluding carboxylic acids is 1. The lowest BCUT2D eigenvalue weighted by molar-refractivity contribution is -0.137. The van der Waals surface area contributed by atoms with E-state index in [9.17, 15) is 18.0 Å². The van der Waals surface area contributed by atoms with Crippen molar-refractivity contribution in [2.24, 2.45) is 5.92 Å². The molecule has 1 aliphatic carbocycles. The van der Waals surface area contributed by atoms with Crippen LogP contribution in [0.4, 0.5) is 13.2 Å². The van der Waals surface area contributed by atoms with Crippen LogP contribution < -0.4 is 5.32 Å². The first-order valence-electron chi connectivity index (χ1n) is 6.87. The number of halogens is 3. The topological polar surface area (TPSA) is 38.3 Å². The Morgan fingerprint density at radius 2 is 2.00 bits per heavy atom. The minimum atomic E-state index is -4.32. The Balaban J connectivity index is 1.84. The molecule has 1 saturated carbocycles. The Bertz CT molecular complexity index is 485. The van der Waals surface area contributed by atoms with E-state index in [1.165, 1.54) is 12.1 Å². The van der Waals surface area contributed by atoms with Gasteiger partial charge < -0.3 is 10.1 Å². The molecule has 116 valence electrons. The molecule has 0 radical (unpaired) electrons. The lowest BCUT2D eigenvalue weighted by Gasteiger charge is -2.08. The average molecular weight is 301 g/mol. The summed E-state index contributed by atoms with van der Waals surface area (Å²) < 4.78 is 42.3. The van der Waals surface area contributed by atoms with Gasteiger partial charge in [0.2, 0.25) is 5.91 Å². The predicted molar refractivity (Wildman–Crippen MR) is 71.8 cm³/mol. The maximum Gasteiger partial charge on any atom is 0.416 e. The van der Waals surface area contributed by atoms with Crippen LogP contribution in [-0.2, 0) is 15.7 Å². The first-order valence-corrected chi connectivity index (χ1v) is 6.87. The van der Waals surface area contributed by atoms with Crippen molar-refractivity contribution in [1.29, 1.82) is 0 Å². The van der Waals surface area contributed by atoms with Crippen LogP contribution in [0, 0.1) is 5.92 Å². The third kappa shape index (κ3) is 4.20. The molecule has 1 N–H and O–H groups in total. The lowest BCUT2D eigenvalue weighted by Crippen LogP contribution is -2.27. The first-order chi connectivity index (χ1) is 9.93. The summed E-state index contributed by atoms with van der Waals surface area (Å²) in [6, 6.07) is 5.07. The van der Waals surface area contributed by atoms with Gasteiger partial charge in [0, 0.05) is 26.2 Å². The summed E-state index contributed by atoms with van der Waals surface area (Å²) in [7, 11) is 1.60. The number of hydrogen-bond acceptors (Lipinski definition) is 2. The van der Waals surface area contributed by atoms with Gasteiger partial charge in [-0.3, -0.25) is 4.79 Å². The quantitative estimate of drug-likeness (QED) is 0.820. The number of nitrogens with one attached hydrogen (secondary N) is 1. The number of amides is 1. The summed E-state index contributed by atoms with van der Waals surface area (Å²) in [5, 5.41) is 2.82. The van der Waals surface area contributed by atoms with Crippen molar-refractivity contribution in [2.45, 2.75) is 24.9 Å². The van der Waals surface area contributed by atoms with E-state index in [4.69, 9.17) is 4.74 Å². The summed E-state index contributed by atoms with van der Waals surface area (Å²) >= 11 is 0. The first kappa shape index (κ1) is 15.8. The van der Waals surface area contributed by atoms with Crippen LogP contribution in [0.15, 0.2) is 24.3 Å². The molecule has 1 amide bonds. The molecule has 0 saturated heterocycles. The van der Waals surface area contributed by atoms with Crippen LogP contribution in [0.5, 0.6) is 0 Å². The zero-order valence-corrected chi connectivity index (χ0v) is 11.7. The molecule has 0 bridgehead atoms. The van der Waals surface area contributed by atoms with Gasteiger partial charge in [0.15, 0.2) is 0 Å². The second-order valence-electron chi connectivity index (χ2n) is 5.21. The van der Waals surface area contributed by atoms with Crippen LogP contribution in [0.3, 0.4) is 0 Å². The van der Waals surface area contributed by atoms with Gasteiger partial charge in [-0.15, -0.1) is 0 Å². The molecular formula is C15H18F3NO2. The standard InChI is InChI=1S/C15H18F3NO2/c1-21-8-2-7-19-14(20)13-9-12(13)10-3-5-11(6-4-10)15(16,17)18/h3-6,12-13H,2,7-9H2,1H3,(H,19,20). The second kappa shape index (κ2) is 6.47. The molecule has 3 nitrogen and oxygen atoms in total. The maximum absolute atomic E-state index is 12.5. The predicted octanol–water partition coefficient (Wildman–Crippen LogP) is 2.96. The molecule has 2 atom stereocenters. The molecule has 1 aromatic carbocycles. The molecule has 1 aromatic rings. The van der Waals surface area contributed by atoms with E-state index < -0.39 is 11.7 Å². The Morgan fingerprint density at radius 3 is 2.57 bits per heavy atom. The Kier molecular flexibility index (Phi) is 4.88. The normalized spacial score (nSPS) is 21.1. The number of benzene rings is 1. The zero-order valence-electron chi connectivity index (χ0n) is 11.7. The zero-order chi connectivity index (χ0) is 15.5. The summed E-state index contributed by atoms with van der Waals surface area (Å²) in [6.45, 7) is 1.15. The molecule has 1 fully saturated rings. The van der Waals surface area contributed by atoms with Crippen molar-refractivity contribution in [2.75, 3.05) is 20.3 Å². The van der Waals surface area contributed by atoms with Crippen molar-refractivity contribution in [1.82, 2.24) is 5.32 Å². The summed E-state index contributed by atoms with van der Waals surface area (Å²) in [5.41, 5.74) is 0.132. The number of hydrogen-bond donors (Lipinski definition) is 1. The van der Waals surface area contributed by atoms with Crippen LogP contribution in [0.2, 0.25) is 0 Å². The van der Waals surface area contributed by atoms with Gasteiger partial charge in [-0.1, -0.05) is 12.1 Å². The fraction of sp³-hybridized carbons (Fsp3) is 0.533. The number of methoxy groups -OCH3 is 1. The fourth-order valence-electron chi connectivity index (χ4n) is 2.33. The van der Waals surface area contributed by atoms with Gasteiger partial charge in [-0.2, -0.15) is 13.2 Å². The Morgan fingerprint density at radius 1 is 1.33 bits per heavy atom. The largest absolute Gasteiger partial charge is 0.416 e. The van der Waals surface area contributed by atoms with Gasteiger partial charge in [0.25, 0.3) is 0 Å². The highest BCUT2D eigenvalue weighted by Gasteiger charge is 2.44. The van der Waals surface area contributed by atoms with E-state index in [2.05, 4.69) is 5.32 Å². The molecule has 2 unspecified atom stereocenters. The Labute approximate surface area is 121 Å². The smallest absolute Gasteiger partial charge is 0.385 e. The SMILES string of the molecule is COCCCNC(=O)C1CC1c1ccc(C(F)(F)F)cc1. The van der Waals surface area contributed by atoms with Gasteiger partial charge in [-0.05, 0) is 36.5 Å². The number of ether oxygens (including phenoxy) is 1. The van der Waals surface area contributed by atoms with Crippen LogP contribution >= 0.6 is 0 Å². The van der Waals surface area contributed by atoms with E-state index in [0.717, 1.165) is 24.1 Å². The minimum Gasteiger partial charge on any atom is -0.385 e. The fourth-order valence-corrected chi connectivity index (χ4v) is 2.33. The molecule has 0 aliphatic heterocycles. The average Bonchev–Trinajstić information content (AvgIpc) is 3.23. The third-order valence-corrected chi connectivity index (χ3v) is 3.62. The van der Waals surface area contributed by atoms with Crippen molar-refractivity contribution >= 4 is 5.91 Å². The van der Waals surface area contributed by atoms with Crippen molar-refractivity contribution in [3.05, 3.63) is 35.4 Å². The highest BCUT2D eigenvalue weighted by atomic mass is 19.4. The number of alkyl halides is 3. The number of rotatable bonds is 6. The molecule has 2 rings (SSSR count). The van der Waals surface area contributed by atoms with E-state index in [-0.39, 0.29) is 17.7 Å². The molecule has 0 heterocycles. The minimum absolute atomic E-state index is 0.0315. The van der Waals surface area contributed by atoms with Crippen LogP contribution in [0.1, 0.15) is 29.9 Å². The third-order valence-electron chi connectivity index (χ3n) is 3.62. The van der Waals surface area contributed by atoms with E-state index in [0.29, 0.717) is 19.6 Å². The van der Waals surface area contributed by atoms with Gasteiger partial charge >= 0.3 is 6.18 Å². The summed E-state index contributed by atoms with van der Waals surface area (Å²) in [4.78, 5) is 11.8. The lowest BCUT2D eigenvalue weighted by atomic mass is 10.1. The van der Waals surface area contributed by atoms with Gasteiger partial charge in [0.1, 0.15) is 0 Å². The van der Waals surface area contributed by atoms with E-state index in [1.54, 1.807) is 7.11 Å².